The summed E-state index contributed by atoms with van der Waals surface area (Å²) >= 11 is 0. The van der Waals surface area contributed by atoms with E-state index in [-0.39, 0.29) is 30.2 Å². The monoisotopic (exact) mass is 380 g/mol. The van der Waals surface area contributed by atoms with E-state index in [1.807, 2.05) is 19.1 Å². The third kappa shape index (κ3) is 5.33. The number of anilines is 4. The van der Waals surface area contributed by atoms with E-state index >= 15 is 0 Å². The van der Waals surface area contributed by atoms with Gasteiger partial charge in [0.2, 0.25) is 17.7 Å². The molecule has 0 heterocycles. The normalized spacial score (nSPS) is 12.8. The number of carbonyl (C=O) groups is 3. The number of amides is 3. The van der Waals surface area contributed by atoms with Crippen molar-refractivity contribution in [1.29, 1.82) is 0 Å². The van der Waals surface area contributed by atoms with Gasteiger partial charge in [-0.3, -0.25) is 14.4 Å². The van der Waals surface area contributed by atoms with Crippen LogP contribution in [-0.4, -0.2) is 24.3 Å². The highest BCUT2D eigenvalue weighted by molar-refractivity contribution is 5.98. The van der Waals surface area contributed by atoms with Gasteiger partial charge in [0.25, 0.3) is 0 Å². The Morgan fingerprint density at radius 1 is 0.929 bits per heavy atom. The van der Waals surface area contributed by atoms with E-state index in [0.29, 0.717) is 17.1 Å². The van der Waals surface area contributed by atoms with Crippen LogP contribution in [0.3, 0.4) is 0 Å². The molecule has 7 heteroatoms. The van der Waals surface area contributed by atoms with Crippen molar-refractivity contribution in [3.63, 3.8) is 0 Å². The minimum atomic E-state index is -0.210. The minimum Gasteiger partial charge on any atom is -0.376 e. The van der Waals surface area contributed by atoms with Crippen molar-refractivity contribution in [2.24, 2.45) is 5.92 Å². The minimum absolute atomic E-state index is 0.0345. The molecule has 146 valence electrons. The fraction of sp³-hybridized carbons (Fsp3) is 0.286. The maximum atomic E-state index is 12.3. The second kappa shape index (κ2) is 8.56. The molecule has 28 heavy (non-hydrogen) atoms. The molecule has 2 aromatic rings. The van der Waals surface area contributed by atoms with Crippen molar-refractivity contribution in [1.82, 2.24) is 0 Å². The molecule has 1 saturated carbocycles. The van der Waals surface area contributed by atoms with Gasteiger partial charge in [-0.2, -0.15) is 0 Å². The predicted molar refractivity (Wildman–Crippen MR) is 110 cm³/mol. The highest BCUT2D eigenvalue weighted by Crippen LogP contribution is 2.31. The van der Waals surface area contributed by atoms with Crippen LogP contribution in [0.15, 0.2) is 42.5 Å². The SMILES string of the molecule is CC(=O)Nc1cccc(NCC(=O)Nc2cccc(NC(=O)C3CC3)c2C)c1. The maximum Gasteiger partial charge on any atom is 0.243 e. The average molecular weight is 380 g/mol. The van der Waals surface area contributed by atoms with Gasteiger partial charge in [0, 0.05) is 35.6 Å². The third-order valence-electron chi connectivity index (χ3n) is 4.45. The number of hydrogen-bond donors (Lipinski definition) is 4. The summed E-state index contributed by atoms with van der Waals surface area (Å²) in [6, 6.07) is 12.6. The van der Waals surface area contributed by atoms with Gasteiger partial charge in [0.1, 0.15) is 0 Å². The molecule has 0 unspecified atom stereocenters. The highest BCUT2D eigenvalue weighted by atomic mass is 16.2. The lowest BCUT2D eigenvalue weighted by Gasteiger charge is -2.14. The molecule has 4 N–H and O–H groups in total. The first-order valence-electron chi connectivity index (χ1n) is 9.24. The van der Waals surface area contributed by atoms with Gasteiger partial charge in [-0.05, 0) is 55.7 Å². The van der Waals surface area contributed by atoms with Crippen molar-refractivity contribution in [3.05, 3.63) is 48.0 Å². The van der Waals surface area contributed by atoms with E-state index in [1.54, 1.807) is 30.3 Å². The van der Waals surface area contributed by atoms with Crippen LogP contribution in [0, 0.1) is 12.8 Å². The van der Waals surface area contributed by atoms with Crippen LogP contribution < -0.4 is 21.3 Å². The van der Waals surface area contributed by atoms with E-state index in [0.717, 1.165) is 24.1 Å². The van der Waals surface area contributed by atoms with Crippen molar-refractivity contribution < 1.29 is 14.4 Å². The van der Waals surface area contributed by atoms with E-state index in [2.05, 4.69) is 21.3 Å². The molecule has 0 saturated heterocycles. The summed E-state index contributed by atoms with van der Waals surface area (Å²) in [7, 11) is 0. The van der Waals surface area contributed by atoms with Gasteiger partial charge in [-0.25, -0.2) is 0 Å². The molecule has 1 aliphatic carbocycles. The Labute approximate surface area is 163 Å². The van der Waals surface area contributed by atoms with Crippen LogP contribution in [0.4, 0.5) is 22.7 Å². The van der Waals surface area contributed by atoms with Crippen LogP contribution in [0.5, 0.6) is 0 Å². The summed E-state index contributed by atoms with van der Waals surface area (Å²) in [6.07, 6.45) is 1.88. The first-order chi connectivity index (χ1) is 13.4. The molecule has 7 nitrogen and oxygen atoms in total. The molecular weight excluding hydrogens is 356 g/mol. The van der Waals surface area contributed by atoms with E-state index in [1.165, 1.54) is 6.92 Å². The van der Waals surface area contributed by atoms with Crippen LogP contribution >= 0.6 is 0 Å². The van der Waals surface area contributed by atoms with Gasteiger partial charge in [-0.15, -0.1) is 0 Å². The Balaban J connectivity index is 1.57. The zero-order valence-corrected chi connectivity index (χ0v) is 16.0. The van der Waals surface area contributed by atoms with Crippen molar-refractivity contribution in [2.75, 3.05) is 27.8 Å². The Bertz CT molecular complexity index is 906. The zero-order chi connectivity index (χ0) is 20.1. The van der Waals surface area contributed by atoms with Gasteiger partial charge >= 0.3 is 0 Å². The molecule has 0 aromatic heterocycles. The Kier molecular flexibility index (Phi) is 5.93. The molecule has 1 aliphatic rings. The van der Waals surface area contributed by atoms with Crippen molar-refractivity contribution >= 4 is 40.5 Å². The molecule has 0 aliphatic heterocycles. The Morgan fingerprint density at radius 3 is 2.25 bits per heavy atom. The molecule has 1 fully saturated rings. The molecule has 0 atom stereocenters. The zero-order valence-electron chi connectivity index (χ0n) is 16.0. The lowest BCUT2D eigenvalue weighted by molar-refractivity contribution is -0.117. The summed E-state index contributed by atoms with van der Waals surface area (Å²) in [5.41, 5.74) is 3.58. The van der Waals surface area contributed by atoms with Gasteiger partial charge in [0.05, 0.1) is 6.54 Å². The van der Waals surface area contributed by atoms with Crippen LogP contribution in [-0.2, 0) is 14.4 Å². The van der Waals surface area contributed by atoms with Gasteiger partial charge < -0.3 is 21.3 Å². The molecule has 3 rings (SSSR count). The molecule has 0 radical (unpaired) electrons. The van der Waals surface area contributed by atoms with Gasteiger partial charge in [0.15, 0.2) is 0 Å². The molecule has 0 spiro atoms. The van der Waals surface area contributed by atoms with Crippen LogP contribution in [0.25, 0.3) is 0 Å². The molecule has 0 bridgehead atoms. The summed E-state index contributed by atoms with van der Waals surface area (Å²) < 4.78 is 0. The van der Waals surface area contributed by atoms with E-state index in [9.17, 15) is 14.4 Å². The summed E-state index contributed by atoms with van der Waals surface area (Å²) in [5, 5.41) is 11.5. The highest BCUT2D eigenvalue weighted by Gasteiger charge is 2.29. The second-order valence-electron chi connectivity index (χ2n) is 6.91. The number of rotatable bonds is 7. The van der Waals surface area contributed by atoms with E-state index in [4.69, 9.17) is 0 Å². The molecule has 3 amide bonds. The lowest BCUT2D eigenvalue weighted by Crippen LogP contribution is -2.22. The average Bonchev–Trinajstić information content (AvgIpc) is 3.48. The number of nitrogens with one attached hydrogen (secondary N) is 4. The fourth-order valence-electron chi connectivity index (χ4n) is 2.77. The first kappa shape index (κ1) is 19.4. The van der Waals surface area contributed by atoms with Crippen molar-refractivity contribution in [3.8, 4) is 0 Å². The molecular formula is C21H24N4O3. The fourth-order valence-corrected chi connectivity index (χ4v) is 2.77. The number of benzene rings is 2. The van der Waals surface area contributed by atoms with E-state index < -0.39 is 0 Å². The Morgan fingerprint density at radius 2 is 1.57 bits per heavy atom. The largest absolute Gasteiger partial charge is 0.376 e. The number of hydrogen-bond acceptors (Lipinski definition) is 4. The lowest BCUT2D eigenvalue weighted by atomic mass is 10.1. The quantitative estimate of drug-likeness (QED) is 0.592. The topological polar surface area (TPSA) is 99.3 Å². The third-order valence-corrected chi connectivity index (χ3v) is 4.45. The first-order valence-corrected chi connectivity index (χ1v) is 9.24. The molecule has 2 aromatic carbocycles. The second-order valence-corrected chi connectivity index (χ2v) is 6.91. The standard InChI is InChI=1S/C21H24N4O3/c1-13-18(7-4-8-19(13)25-21(28)15-9-10-15)24-20(27)12-22-16-5-3-6-17(11-16)23-14(2)26/h3-8,11,15,22H,9-10,12H2,1-2H3,(H,23,26)(H,24,27)(H,25,28). The van der Waals surface area contributed by atoms with Crippen molar-refractivity contribution in [2.45, 2.75) is 26.7 Å². The number of carbonyl (C=O) groups excluding carboxylic acids is 3. The summed E-state index contributed by atoms with van der Waals surface area (Å²) in [5.74, 6) is -0.208. The predicted octanol–water partition coefficient (Wildman–Crippen LogP) is 3.35. The van der Waals surface area contributed by atoms with Gasteiger partial charge in [-0.1, -0.05) is 12.1 Å². The maximum absolute atomic E-state index is 12.3. The summed E-state index contributed by atoms with van der Waals surface area (Å²) in [4.78, 5) is 35.4. The van der Waals surface area contributed by atoms with Crippen LogP contribution in [0.2, 0.25) is 0 Å². The van der Waals surface area contributed by atoms with Crippen LogP contribution in [0.1, 0.15) is 25.3 Å². The smallest absolute Gasteiger partial charge is 0.243 e. The summed E-state index contributed by atoms with van der Waals surface area (Å²) in [6.45, 7) is 3.38. The Hall–Kier alpha value is -3.35.